The molecule has 0 N–H and O–H groups in total. The summed E-state index contributed by atoms with van der Waals surface area (Å²) in [5, 5.41) is 12.7. The maximum Gasteiger partial charge on any atom is 0.345 e. The van der Waals surface area contributed by atoms with Crippen molar-refractivity contribution in [3.63, 3.8) is 0 Å². The second-order valence-electron chi connectivity index (χ2n) is 5.60. The normalized spacial score (nSPS) is 11.4. The van der Waals surface area contributed by atoms with Gasteiger partial charge in [0, 0.05) is 10.8 Å². The first-order valence-electron chi connectivity index (χ1n) is 7.90. The molecule has 0 radical (unpaired) electrons. The summed E-state index contributed by atoms with van der Waals surface area (Å²) in [6.45, 7) is 0. The van der Waals surface area contributed by atoms with Gasteiger partial charge in [0.15, 0.2) is 0 Å². The van der Waals surface area contributed by atoms with Gasteiger partial charge in [-0.3, -0.25) is 0 Å². The lowest BCUT2D eigenvalue weighted by atomic mass is 10.1. The zero-order chi connectivity index (χ0) is 17.9. The Labute approximate surface area is 153 Å². The summed E-state index contributed by atoms with van der Waals surface area (Å²) < 4.78 is 5.37. The van der Waals surface area contributed by atoms with Gasteiger partial charge in [0.1, 0.15) is 16.7 Å². The fourth-order valence-electron chi connectivity index (χ4n) is 2.62. The Morgan fingerprint density at radius 2 is 1.88 bits per heavy atom. The number of allylic oxidation sites excluding steroid dienone is 1. The van der Waals surface area contributed by atoms with Crippen LogP contribution in [0, 0.1) is 11.3 Å². The van der Waals surface area contributed by atoms with E-state index in [1.165, 1.54) is 11.3 Å². The molecule has 4 rings (SSSR count). The molecule has 4 nitrogen and oxygen atoms in total. The Morgan fingerprint density at radius 1 is 1.12 bits per heavy atom. The molecule has 0 amide bonds. The highest BCUT2D eigenvalue weighted by molar-refractivity contribution is 7.11. The number of thiazole rings is 1. The number of para-hydroxylation sites is 1. The first kappa shape index (κ1) is 16.0. The summed E-state index contributed by atoms with van der Waals surface area (Å²) in [5.74, 6) is 0. The van der Waals surface area contributed by atoms with Crippen LogP contribution in [0.1, 0.15) is 10.6 Å². The predicted octanol–water partition coefficient (Wildman–Crippen LogP) is 4.98. The van der Waals surface area contributed by atoms with Gasteiger partial charge in [0.25, 0.3) is 0 Å². The molecule has 0 spiro atoms. The van der Waals surface area contributed by atoms with Crippen molar-refractivity contribution < 1.29 is 4.42 Å². The number of benzene rings is 2. The molecule has 2 aromatic heterocycles. The van der Waals surface area contributed by atoms with E-state index in [1.807, 2.05) is 48.5 Å². The quantitative estimate of drug-likeness (QED) is 0.383. The lowest BCUT2D eigenvalue weighted by molar-refractivity contribution is 0.563. The zero-order valence-corrected chi connectivity index (χ0v) is 14.4. The first-order chi connectivity index (χ1) is 12.7. The standard InChI is InChI=1S/C21H12N2O2S/c22-12-16(10-14-6-2-1-3-7-14)20-23-18(13-26-20)17-11-15-8-4-5-9-19(15)25-21(17)24/h1-11,13H/b16-10-. The minimum absolute atomic E-state index is 0.392. The molecule has 0 saturated heterocycles. The summed E-state index contributed by atoms with van der Waals surface area (Å²) >= 11 is 1.33. The highest BCUT2D eigenvalue weighted by atomic mass is 32.1. The second kappa shape index (κ2) is 6.79. The lowest BCUT2D eigenvalue weighted by Crippen LogP contribution is -2.02. The molecule has 5 heteroatoms. The summed E-state index contributed by atoms with van der Waals surface area (Å²) in [6.07, 6.45) is 1.78. The van der Waals surface area contributed by atoms with Gasteiger partial charge in [-0.05, 0) is 23.8 Å². The highest BCUT2D eigenvalue weighted by Gasteiger charge is 2.13. The molecule has 0 unspecified atom stereocenters. The predicted molar refractivity (Wildman–Crippen MR) is 104 cm³/mol. The van der Waals surface area contributed by atoms with Crippen molar-refractivity contribution in [3.8, 4) is 17.3 Å². The Morgan fingerprint density at radius 3 is 2.69 bits per heavy atom. The molecule has 2 heterocycles. The third-order valence-electron chi connectivity index (χ3n) is 3.88. The summed E-state index contributed by atoms with van der Waals surface area (Å²) in [7, 11) is 0. The Balaban J connectivity index is 1.77. The van der Waals surface area contributed by atoms with Crippen LogP contribution in [-0.4, -0.2) is 4.98 Å². The van der Waals surface area contributed by atoms with Gasteiger partial charge >= 0.3 is 5.63 Å². The number of fused-ring (bicyclic) bond motifs is 1. The number of hydrogen-bond donors (Lipinski definition) is 0. The Hall–Kier alpha value is -3.49. The number of aromatic nitrogens is 1. The van der Waals surface area contributed by atoms with Gasteiger partial charge in [0.05, 0.1) is 16.8 Å². The fraction of sp³-hybridized carbons (Fsp3) is 0. The van der Waals surface area contributed by atoms with Gasteiger partial charge in [-0.15, -0.1) is 11.3 Å². The van der Waals surface area contributed by atoms with Gasteiger partial charge in [0.2, 0.25) is 0 Å². The molecule has 0 bridgehead atoms. The van der Waals surface area contributed by atoms with Crippen molar-refractivity contribution in [3.05, 3.63) is 87.0 Å². The Kier molecular flexibility index (Phi) is 4.18. The molecule has 26 heavy (non-hydrogen) atoms. The van der Waals surface area contributed by atoms with Crippen LogP contribution in [0.4, 0.5) is 0 Å². The van der Waals surface area contributed by atoms with E-state index in [2.05, 4.69) is 11.1 Å². The minimum Gasteiger partial charge on any atom is -0.422 e. The molecule has 2 aromatic carbocycles. The molecule has 124 valence electrons. The number of rotatable bonds is 3. The van der Waals surface area contributed by atoms with Crippen molar-refractivity contribution >= 4 is 34.0 Å². The first-order valence-corrected chi connectivity index (χ1v) is 8.78. The van der Waals surface area contributed by atoms with Crippen LogP contribution in [0.2, 0.25) is 0 Å². The van der Waals surface area contributed by atoms with E-state index in [-0.39, 0.29) is 0 Å². The maximum atomic E-state index is 12.3. The lowest BCUT2D eigenvalue weighted by Gasteiger charge is -1.99. The van der Waals surface area contributed by atoms with Crippen LogP contribution in [0.3, 0.4) is 0 Å². The topological polar surface area (TPSA) is 66.9 Å². The summed E-state index contributed by atoms with van der Waals surface area (Å²) in [4.78, 5) is 16.8. The molecular formula is C21H12N2O2S. The van der Waals surface area contributed by atoms with Gasteiger partial charge < -0.3 is 4.42 Å². The van der Waals surface area contributed by atoms with Crippen LogP contribution in [0.25, 0.3) is 33.9 Å². The summed E-state index contributed by atoms with van der Waals surface area (Å²) in [5.41, 5.74) is 2.38. The van der Waals surface area contributed by atoms with E-state index >= 15 is 0 Å². The molecule has 0 atom stereocenters. The van der Waals surface area contributed by atoms with Crippen molar-refractivity contribution in [2.24, 2.45) is 0 Å². The highest BCUT2D eigenvalue weighted by Crippen LogP contribution is 2.27. The fourth-order valence-corrected chi connectivity index (χ4v) is 3.40. The maximum absolute atomic E-state index is 12.3. The third kappa shape index (κ3) is 3.06. The van der Waals surface area contributed by atoms with Crippen molar-refractivity contribution in [1.29, 1.82) is 5.26 Å². The van der Waals surface area contributed by atoms with Crippen LogP contribution >= 0.6 is 11.3 Å². The smallest absolute Gasteiger partial charge is 0.345 e. The second-order valence-corrected chi connectivity index (χ2v) is 6.46. The van der Waals surface area contributed by atoms with E-state index in [4.69, 9.17) is 4.42 Å². The van der Waals surface area contributed by atoms with E-state index in [9.17, 15) is 10.1 Å². The number of nitriles is 1. The van der Waals surface area contributed by atoms with Gasteiger partial charge in [-0.2, -0.15) is 5.26 Å². The van der Waals surface area contributed by atoms with E-state index in [1.54, 1.807) is 23.6 Å². The van der Waals surface area contributed by atoms with Crippen LogP contribution in [-0.2, 0) is 0 Å². The molecule has 4 aromatic rings. The van der Waals surface area contributed by atoms with Crippen LogP contribution in [0.5, 0.6) is 0 Å². The average molecular weight is 356 g/mol. The molecule has 0 saturated carbocycles. The molecule has 0 aliphatic carbocycles. The monoisotopic (exact) mass is 356 g/mol. The Bertz CT molecular complexity index is 1210. The minimum atomic E-state index is -0.439. The van der Waals surface area contributed by atoms with Crippen LogP contribution < -0.4 is 5.63 Å². The van der Waals surface area contributed by atoms with E-state index in [0.29, 0.717) is 27.4 Å². The van der Waals surface area contributed by atoms with E-state index < -0.39 is 5.63 Å². The van der Waals surface area contributed by atoms with Gasteiger partial charge in [-0.25, -0.2) is 9.78 Å². The molecular weight excluding hydrogens is 344 g/mol. The average Bonchev–Trinajstić information content (AvgIpc) is 3.16. The zero-order valence-electron chi connectivity index (χ0n) is 13.5. The SMILES string of the molecule is N#C/C(=C/c1ccccc1)c1nc(-c2cc3ccccc3oc2=O)cs1. The number of hydrogen-bond acceptors (Lipinski definition) is 5. The van der Waals surface area contributed by atoms with Crippen LogP contribution in [0.15, 0.2) is 75.3 Å². The largest absolute Gasteiger partial charge is 0.422 e. The summed E-state index contributed by atoms with van der Waals surface area (Å²) in [6, 6.07) is 20.9. The van der Waals surface area contributed by atoms with Crippen molar-refractivity contribution in [2.45, 2.75) is 0 Å². The molecule has 0 aliphatic heterocycles. The van der Waals surface area contributed by atoms with Crippen molar-refractivity contribution in [1.82, 2.24) is 4.98 Å². The van der Waals surface area contributed by atoms with Gasteiger partial charge in [-0.1, -0.05) is 48.5 Å². The third-order valence-corrected chi connectivity index (χ3v) is 4.76. The van der Waals surface area contributed by atoms with Crippen molar-refractivity contribution in [2.75, 3.05) is 0 Å². The number of nitrogens with zero attached hydrogens (tertiary/aromatic N) is 2. The van der Waals surface area contributed by atoms with E-state index in [0.717, 1.165) is 10.9 Å². The molecule has 0 aliphatic rings. The molecule has 0 fully saturated rings.